The molecule has 0 spiro atoms. The molecule has 0 saturated heterocycles. The van der Waals surface area contributed by atoms with Crippen LogP contribution in [0, 0.1) is 0 Å². The third-order valence-corrected chi connectivity index (χ3v) is 1.88. The zero-order chi connectivity index (χ0) is 9.94. The Kier molecular flexibility index (Phi) is 8.73. The molecule has 0 aromatic rings. The first-order chi connectivity index (χ1) is 6.27. The minimum absolute atomic E-state index is 0.318. The normalized spacial score (nSPS) is 10.8. The molecular weight excluding hydrogens is 164 g/mol. The fourth-order valence-corrected chi connectivity index (χ4v) is 1.12. The summed E-state index contributed by atoms with van der Waals surface area (Å²) in [6.45, 7) is 2.16. The largest absolute Gasteiger partial charge is 0.481 e. The zero-order valence-corrected chi connectivity index (χ0v) is 8.46. The number of carboxylic acids is 1. The highest BCUT2D eigenvalue weighted by Gasteiger charge is 1.94. The van der Waals surface area contributed by atoms with Crippen LogP contribution in [0.2, 0.25) is 0 Å². The van der Waals surface area contributed by atoms with E-state index in [-0.39, 0.29) is 0 Å². The molecule has 0 aromatic carbocycles. The summed E-state index contributed by atoms with van der Waals surface area (Å²) < 4.78 is 0. The molecule has 13 heavy (non-hydrogen) atoms. The number of aliphatic carboxylic acids is 1. The highest BCUT2D eigenvalue weighted by molar-refractivity contribution is 5.66. The Morgan fingerprint density at radius 2 is 1.85 bits per heavy atom. The molecule has 0 aliphatic carbocycles. The monoisotopic (exact) mass is 184 g/mol. The molecule has 0 aliphatic heterocycles. The lowest BCUT2D eigenvalue weighted by Crippen LogP contribution is -1.93. The van der Waals surface area contributed by atoms with Gasteiger partial charge in [-0.1, -0.05) is 31.9 Å². The minimum Gasteiger partial charge on any atom is -0.481 e. The molecule has 0 atom stereocenters. The van der Waals surface area contributed by atoms with Crippen LogP contribution >= 0.6 is 0 Å². The minimum atomic E-state index is -0.679. The van der Waals surface area contributed by atoms with Crippen molar-refractivity contribution in [1.82, 2.24) is 0 Å². The molecule has 0 rings (SSSR count). The van der Waals surface area contributed by atoms with E-state index >= 15 is 0 Å². The van der Waals surface area contributed by atoms with E-state index in [0.29, 0.717) is 6.42 Å². The molecule has 2 nitrogen and oxygen atoms in total. The van der Waals surface area contributed by atoms with Crippen molar-refractivity contribution in [3.8, 4) is 0 Å². The SMILES string of the molecule is CCC/C=C\CCCCCC(=O)O. The number of hydrogen-bond donors (Lipinski definition) is 1. The van der Waals surface area contributed by atoms with Gasteiger partial charge in [0.25, 0.3) is 0 Å². The molecule has 0 aromatic heterocycles. The third-order valence-electron chi connectivity index (χ3n) is 1.88. The molecule has 2 heteroatoms. The summed E-state index contributed by atoms with van der Waals surface area (Å²) in [6, 6.07) is 0. The quantitative estimate of drug-likeness (QED) is 0.464. The maximum Gasteiger partial charge on any atom is 0.303 e. The van der Waals surface area contributed by atoms with Crippen LogP contribution in [0.15, 0.2) is 12.2 Å². The lowest BCUT2D eigenvalue weighted by Gasteiger charge is -1.94. The number of carboxylic acid groups (broad SMARTS) is 1. The topological polar surface area (TPSA) is 37.3 Å². The van der Waals surface area contributed by atoms with Gasteiger partial charge in [0.1, 0.15) is 0 Å². The summed E-state index contributed by atoms with van der Waals surface area (Å²) >= 11 is 0. The van der Waals surface area contributed by atoms with Crippen molar-refractivity contribution in [3.05, 3.63) is 12.2 Å². The highest BCUT2D eigenvalue weighted by Crippen LogP contribution is 2.04. The molecule has 0 radical (unpaired) electrons. The van der Waals surface area contributed by atoms with Crippen molar-refractivity contribution in [3.63, 3.8) is 0 Å². The lowest BCUT2D eigenvalue weighted by molar-refractivity contribution is -0.137. The van der Waals surface area contributed by atoms with Gasteiger partial charge in [0.15, 0.2) is 0 Å². The second-order valence-electron chi connectivity index (χ2n) is 3.25. The first-order valence-corrected chi connectivity index (χ1v) is 5.14. The van der Waals surface area contributed by atoms with Crippen LogP contribution in [-0.2, 0) is 4.79 Å². The van der Waals surface area contributed by atoms with E-state index in [1.807, 2.05) is 0 Å². The van der Waals surface area contributed by atoms with Crippen molar-refractivity contribution < 1.29 is 9.90 Å². The molecule has 0 fully saturated rings. The van der Waals surface area contributed by atoms with Crippen LogP contribution in [-0.4, -0.2) is 11.1 Å². The number of allylic oxidation sites excluding steroid dienone is 2. The summed E-state index contributed by atoms with van der Waals surface area (Å²) in [4.78, 5) is 10.2. The molecule has 76 valence electrons. The van der Waals surface area contributed by atoms with E-state index in [0.717, 1.165) is 32.1 Å². The van der Waals surface area contributed by atoms with Crippen molar-refractivity contribution >= 4 is 5.97 Å². The van der Waals surface area contributed by atoms with Crippen LogP contribution in [0.25, 0.3) is 0 Å². The molecular formula is C11H20O2. The molecule has 0 heterocycles. The van der Waals surface area contributed by atoms with Gasteiger partial charge in [-0.2, -0.15) is 0 Å². The summed E-state index contributed by atoms with van der Waals surface area (Å²) in [7, 11) is 0. The van der Waals surface area contributed by atoms with Crippen molar-refractivity contribution in [1.29, 1.82) is 0 Å². The molecule has 0 bridgehead atoms. The zero-order valence-electron chi connectivity index (χ0n) is 8.46. The number of rotatable bonds is 8. The first kappa shape index (κ1) is 12.2. The van der Waals surface area contributed by atoms with Gasteiger partial charge < -0.3 is 5.11 Å². The third kappa shape index (κ3) is 11.2. The van der Waals surface area contributed by atoms with E-state index in [4.69, 9.17) is 5.11 Å². The van der Waals surface area contributed by atoms with Crippen molar-refractivity contribution in [2.24, 2.45) is 0 Å². The fourth-order valence-electron chi connectivity index (χ4n) is 1.12. The lowest BCUT2D eigenvalue weighted by atomic mass is 10.1. The summed E-state index contributed by atoms with van der Waals surface area (Å²) in [6.07, 6.45) is 11.2. The Bertz CT molecular complexity index is 150. The second-order valence-corrected chi connectivity index (χ2v) is 3.25. The van der Waals surface area contributed by atoms with Crippen LogP contribution < -0.4 is 0 Å². The first-order valence-electron chi connectivity index (χ1n) is 5.14. The number of unbranched alkanes of at least 4 members (excludes halogenated alkanes) is 4. The van der Waals surface area contributed by atoms with E-state index in [1.54, 1.807) is 0 Å². The number of carbonyl (C=O) groups is 1. The molecule has 0 amide bonds. The summed E-state index contributed by atoms with van der Waals surface area (Å²) in [5, 5.41) is 8.37. The fraction of sp³-hybridized carbons (Fsp3) is 0.727. The van der Waals surface area contributed by atoms with Crippen molar-refractivity contribution in [2.75, 3.05) is 0 Å². The van der Waals surface area contributed by atoms with Gasteiger partial charge in [-0.05, 0) is 25.7 Å². The van der Waals surface area contributed by atoms with Gasteiger partial charge in [0, 0.05) is 6.42 Å². The van der Waals surface area contributed by atoms with Crippen LogP contribution in [0.4, 0.5) is 0 Å². The van der Waals surface area contributed by atoms with Gasteiger partial charge in [0.05, 0.1) is 0 Å². The Balaban J connectivity index is 3.03. The van der Waals surface area contributed by atoms with E-state index in [9.17, 15) is 4.79 Å². The van der Waals surface area contributed by atoms with E-state index < -0.39 is 5.97 Å². The highest BCUT2D eigenvalue weighted by atomic mass is 16.4. The van der Waals surface area contributed by atoms with Gasteiger partial charge in [-0.25, -0.2) is 0 Å². The van der Waals surface area contributed by atoms with Gasteiger partial charge >= 0.3 is 5.97 Å². The number of hydrogen-bond acceptors (Lipinski definition) is 1. The Morgan fingerprint density at radius 3 is 2.46 bits per heavy atom. The Morgan fingerprint density at radius 1 is 1.15 bits per heavy atom. The van der Waals surface area contributed by atoms with E-state index in [1.165, 1.54) is 6.42 Å². The van der Waals surface area contributed by atoms with Gasteiger partial charge in [-0.3, -0.25) is 4.79 Å². The van der Waals surface area contributed by atoms with Crippen LogP contribution in [0.5, 0.6) is 0 Å². The summed E-state index contributed by atoms with van der Waals surface area (Å²) in [5.74, 6) is -0.679. The standard InChI is InChI=1S/C11H20O2/c1-2-3-4-5-6-7-8-9-10-11(12)13/h4-5H,2-3,6-10H2,1H3,(H,12,13)/b5-4-. The maximum absolute atomic E-state index is 10.2. The molecule has 0 unspecified atom stereocenters. The average Bonchev–Trinajstić information content (AvgIpc) is 2.09. The van der Waals surface area contributed by atoms with Crippen molar-refractivity contribution in [2.45, 2.75) is 51.9 Å². The average molecular weight is 184 g/mol. The van der Waals surface area contributed by atoms with Crippen LogP contribution in [0.1, 0.15) is 51.9 Å². The second kappa shape index (κ2) is 9.30. The predicted octanol–water partition coefficient (Wildman–Crippen LogP) is 3.38. The summed E-state index contributed by atoms with van der Waals surface area (Å²) in [5.41, 5.74) is 0. The smallest absolute Gasteiger partial charge is 0.303 e. The van der Waals surface area contributed by atoms with Gasteiger partial charge in [-0.15, -0.1) is 0 Å². The van der Waals surface area contributed by atoms with Gasteiger partial charge in [0.2, 0.25) is 0 Å². The molecule has 0 saturated carbocycles. The Labute approximate surface area is 80.7 Å². The maximum atomic E-state index is 10.2. The molecule has 0 aliphatic rings. The van der Waals surface area contributed by atoms with E-state index in [2.05, 4.69) is 19.1 Å². The van der Waals surface area contributed by atoms with Crippen LogP contribution in [0.3, 0.4) is 0 Å². The Hall–Kier alpha value is -0.790. The predicted molar refractivity (Wildman–Crippen MR) is 54.8 cm³/mol. The molecule has 1 N–H and O–H groups in total.